The Bertz CT molecular complexity index is 415. The Morgan fingerprint density at radius 2 is 1.93 bits per heavy atom. The minimum atomic E-state index is -0.459. The van der Waals surface area contributed by atoms with Gasteiger partial charge in [0.1, 0.15) is 12.4 Å². The lowest BCUT2D eigenvalue weighted by Gasteiger charge is -2.26. The van der Waals surface area contributed by atoms with Gasteiger partial charge in [0.2, 0.25) is 0 Å². The zero-order valence-electron chi connectivity index (χ0n) is 8.83. The minimum Gasteiger partial charge on any atom is -0.485 e. The van der Waals surface area contributed by atoms with Gasteiger partial charge >= 0.3 is 0 Å². The summed E-state index contributed by atoms with van der Waals surface area (Å²) in [7, 11) is 0. The van der Waals surface area contributed by atoms with E-state index in [1.54, 1.807) is 0 Å². The third-order valence-electron chi connectivity index (χ3n) is 2.57. The standard InChI is InChI=1S/C11H14N2O2/c1-6-3-8-9(4-7(6)2)15-10(5-14-8)11(12)13/h3-4,10H,5H2,1-2H3,(H3,12,13). The van der Waals surface area contributed by atoms with Crippen LogP contribution in [-0.4, -0.2) is 18.5 Å². The van der Waals surface area contributed by atoms with Crippen molar-refractivity contribution < 1.29 is 9.47 Å². The molecule has 0 aliphatic carbocycles. The van der Waals surface area contributed by atoms with Crippen LogP contribution in [0.5, 0.6) is 11.5 Å². The number of ether oxygens (including phenoxy) is 2. The molecule has 1 aliphatic heterocycles. The van der Waals surface area contributed by atoms with Gasteiger partial charge in [-0.25, -0.2) is 0 Å². The molecule has 2 rings (SSSR count). The summed E-state index contributed by atoms with van der Waals surface area (Å²) in [5, 5.41) is 7.30. The number of nitrogens with one attached hydrogen (secondary N) is 1. The fourth-order valence-corrected chi connectivity index (χ4v) is 1.47. The third kappa shape index (κ3) is 1.75. The van der Waals surface area contributed by atoms with Crippen molar-refractivity contribution in [2.24, 2.45) is 5.73 Å². The Morgan fingerprint density at radius 1 is 1.33 bits per heavy atom. The number of fused-ring (bicyclic) bond motifs is 1. The van der Waals surface area contributed by atoms with Gasteiger partial charge in [0, 0.05) is 0 Å². The molecule has 0 radical (unpaired) electrons. The van der Waals surface area contributed by atoms with E-state index in [1.165, 1.54) is 5.56 Å². The Labute approximate surface area is 88.5 Å². The summed E-state index contributed by atoms with van der Waals surface area (Å²) in [6, 6.07) is 3.86. The van der Waals surface area contributed by atoms with E-state index in [0.717, 1.165) is 11.3 Å². The van der Waals surface area contributed by atoms with Gasteiger partial charge in [-0.15, -0.1) is 0 Å². The maximum Gasteiger partial charge on any atom is 0.189 e. The van der Waals surface area contributed by atoms with Crippen molar-refractivity contribution in [2.75, 3.05) is 6.61 Å². The van der Waals surface area contributed by atoms with Gasteiger partial charge in [0.25, 0.3) is 0 Å². The lowest BCUT2D eigenvalue weighted by molar-refractivity contribution is 0.133. The van der Waals surface area contributed by atoms with Gasteiger partial charge in [0.05, 0.1) is 0 Å². The average molecular weight is 206 g/mol. The number of aryl methyl sites for hydroxylation is 2. The van der Waals surface area contributed by atoms with Crippen molar-refractivity contribution in [1.82, 2.24) is 0 Å². The van der Waals surface area contributed by atoms with Gasteiger partial charge in [0.15, 0.2) is 17.6 Å². The lowest BCUT2D eigenvalue weighted by Crippen LogP contribution is -2.40. The molecule has 3 N–H and O–H groups in total. The first-order valence-electron chi connectivity index (χ1n) is 4.82. The second kappa shape index (κ2) is 3.46. The van der Waals surface area contributed by atoms with Gasteiger partial charge in [-0.2, -0.15) is 0 Å². The van der Waals surface area contributed by atoms with E-state index in [9.17, 15) is 0 Å². The van der Waals surface area contributed by atoms with Gasteiger partial charge < -0.3 is 15.2 Å². The van der Waals surface area contributed by atoms with E-state index in [0.29, 0.717) is 12.4 Å². The van der Waals surface area contributed by atoms with Crippen LogP contribution in [-0.2, 0) is 0 Å². The fourth-order valence-electron chi connectivity index (χ4n) is 1.47. The summed E-state index contributed by atoms with van der Waals surface area (Å²) in [6.07, 6.45) is -0.459. The molecule has 0 bridgehead atoms. The molecule has 1 aromatic rings. The Balaban J connectivity index is 2.34. The molecule has 15 heavy (non-hydrogen) atoms. The van der Waals surface area contributed by atoms with Crippen LogP contribution >= 0.6 is 0 Å². The van der Waals surface area contributed by atoms with Crippen molar-refractivity contribution in [3.05, 3.63) is 23.3 Å². The van der Waals surface area contributed by atoms with Gasteiger partial charge in [-0.1, -0.05) is 0 Å². The fraction of sp³-hybridized carbons (Fsp3) is 0.364. The highest BCUT2D eigenvalue weighted by molar-refractivity contribution is 5.82. The van der Waals surface area contributed by atoms with E-state index in [-0.39, 0.29) is 5.84 Å². The Morgan fingerprint density at radius 3 is 2.53 bits per heavy atom. The third-order valence-corrected chi connectivity index (χ3v) is 2.57. The molecule has 0 aromatic heterocycles. The topological polar surface area (TPSA) is 68.3 Å². The van der Waals surface area contributed by atoms with Crippen LogP contribution in [0.4, 0.5) is 0 Å². The number of benzene rings is 1. The van der Waals surface area contributed by atoms with Gasteiger partial charge in [-0.05, 0) is 37.1 Å². The molecule has 1 heterocycles. The number of amidine groups is 1. The minimum absolute atomic E-state index is 0.00104. The number of hydrogen-bond donors (Lipinski definition) is 2. The number of hydrogen-bond acceptors (Lipinski definition) is 3. The van der Waals surface area contributed by atoms with Crippen molar-refractivity contribution in [2.45, 2.75) is 20.0 Å². The summed E-state index contributed by atoms with van der Waals surface area (Å²) in [4.78, 5) is 0. The molecular weight excluding hydrogens is 192 g/mol. The first-order valence-corrected chi connectivity index (χ1v) is 4.82. The smallest absolute Gasteiger partial charge is 0.189 e. The molecule has 1 atom stereocenters. The van der Waals surface area contributed by atoms with E-state index in [2.05, 4.69) is 0 Å². The lowest BCUT2D eigenvalue weighted by atomic mass is 10.1. The van der Waals surface area contributed by atoms with Crippen LogP contribution in [0.1, 0.15) is 11.1 Å². The Kier molecular flexibility index (Phi) is 2.26. The largest absolute Gasteiger partial charge is 0.485 e. The number of rotatable bonds is 1. The first-order chi connectivity index (χ1) is 7.08. The van der Waals surface area contributed by atoms with E-state index in [4.69, 9.17) is 20.6 Å². The predicted molar refractivity (Wildman–Crippen MR) is 57.7 cm³/mol. The normalized spacial score (nSPS) is 18.7. The van der Waals surface area contributed by atoms with Crippen molar-refractivity contribution in [3.63, 3.8) is 0 Å². The summed E-state index contributed by atoms with van der Waals surface area (Å²) in [5.41, 5.74) is 7.68. The van der Waals surface area contributed by atoms with Gasteiger partial charge in [-0.3, -0.25) is 5.41 Å². The van der Waals surface area contributed by atoms with Crippen LogP contribution in [0, 0.1) is 19.3 Å². The number of nitrogens with two attached hydrogens (primary N) is 1. The maximum absolute atomic E-state index is 7.30. The zero-order chi connectivity index (χ0) is 11.0. The van der Waals surface area contributed by atoms with E-state index >= 15 is 0 Å². The van der Waals surface area contributed by atoms with Crippen molar-refractivity contribution in [3.8, 4) is 11.5 Å². The highest BCUT2D eigenvalue weighted by Gasteiger charge is 2.23. The molecule has 4 heteroatoms. The van der Waals surface area contributed by atoms with Crippen LogP contribution in [0.3, 0.4) is 0 Å². The molecule has 1 aliphatic rings. The molecule has 4 nitrogen and oxygen atoms in total. The quantitative estimate of drug-likeness (QED) is 0.538. The molecule has 1 unspecified atom stereocenters. The second-order valence-corrected chi connectivity index (χ2v) is 3.76. The highest BCUT2D eigenvalue weighted by Crippen LogP contribution is 2.34. The molecule has 80 valence electrons. The van der Waals surface area contributed by atoms with E-state index < -0.39 is 6.10 Å². The summed E-state index contributed by atoms with van der Waals surface area (Å²) in [5.74, 6) is 1.40. The average Bonchev–Trinajstić information content (AvgIpc) is 2.19. The van der Waals surface area contributed by atoms with Crippen LogP contribution in [0.15, 0.2) is 12.1 Å². The van der Waals surface area contributed by atoms with Crippen molar-refractivity contribution in [1.29, 1.82) is 5.41 Å². The SMILES string of the molecule is Cc1cc2c(cc1C)OC(C(=N)N)CO2. The maximum atomic E-state index is 7.30. The van der Waals surface area contributed by atoms with Crippen LogP contribution < -0.4 is 15.2 Å². The van der Waals surface area contributed by atoms with Crippen LogP contribution in [0.25, 0.3) is 0 Å². The van der Waals surface area contributed by atoms with Crippen LogP contribution in [0.2, 0.25) is 0 Å². The summed E-state index contributed by atoms with van der Waals surface area (Å²) >= 11 is 0. The summed E-state index contributed by atoms with van der Waals surface area (Å²) in [6.45, 7) is 4.34. The Hall–Kier alpha value is -1.71. The molecule has 0 saturated carbocycles. The first kappa shape index (κ1) is 9.83. The molecule has 0 fully saturated rings. The molecular formula is C11H14N2O2. The zero-order valence-corrected chi connectivity index (χ0v) is 8.83. The monoisotopic (exact) mass is 206 g/mol. The van der Waals surface area contributed by atoms with E-state index in [1.807, 2.05) is 26.0 Å². The molecule has 0 saturated heterocycles. The second-order valence-electron chi connectivity index (χ2n) is 3.76. The molecule has 0 spiro atoms. The highest BCUT2D eigenvalue weighted by atomic mass is 16.6. The molecule has 1 aromatic carbocycles. The molecule has 0 amide bonds. The summed E-state index contributed by atoms with van der Waals surface area (Å²) < 4.78 is 11.0. The van der Waals surface area contributed by atoms with Crippen molar-refractivity contribution >= 4 is 5.84 Å². The predicted octanol–water partition coefficient (Wildman–Crippen LogP) is 1.38.